The number of carbonyl (C=O) groups is 4. The van der Waals surface area contributed by atoms with Gasteiger partial charge in [0.1, 0.15) is 30.2 Å². The maximum absolute atomic E-state index is 15.2. The van der Waals surface area contributed by atoms with Crippen LogP contribution in [0.3, 0.4) is 0 Å². The van der Waals surface area contributed by atoms with E-state index in [0.717, 1.165) is 36.3 Å². The van der Waals surface area contributed by atoms with Crippen molar-refractivity contribution in [2.24, 2.45) is 23.7 Å². The number of ketones is 1. The summed E-state index contributed by atoms with van der Waals surface area (Å²) in [5, 5.41) is 44.9. The number of esters is 2. The standard InChI is InChI=1S/C88H155ClO22Si4/c1-29-114(30-2,31-3)110-82(81-62(13)78(96)79(97)75(102-81)43-56(7)42-65(92)41-40-58(9)89)88(99-24)54-76(109-113(27,28)84(19,20)21)61(12)74(107-88)39-37-35-36-38-66-45-72(108-112(25,26)83(16,17)18)53-86(103-66)51-69(98-23)46-67(104-86)48-73(93)60(11)80(101-64(15)91)59(10)57(8)44-71-50-85(22,111-115(32-4,33-5)34-6)55-87(106-71)52-70(100-63(14)90)47-68(105-87)49-77(94)95/h36,38,40-41,59-62,65-72,74-76,78-82,92,96-97H,7-9,29-35,37,39,42-55H2,1-6,10-28H3,(H,94,95)/b38-36-,41-40+/t59-,60-,61+,62-,65-,66+,67+,68-,69+,70+,71+,72+,74-,75-,76+,78-,79-,80+,81-,82+,85+,86+,87-,88-/m1/s1. The molecule has 6 saturated heterocycles. The molecule has 0 saturated carbocycles. The number of carbonyl (C=O) groups excluding carboxylic acids is 3. The summed E-state index contributed by atoms with van der Waals surface area (Å²) in [4.78, 5) is 53.2. The zero-order chi connectivity index (χ0) is 86.6. The summed E-state index contributed by atoms with van der Waals surface area (Å²) in [5.74, 6) is -8.35. The minimum atomic E-state index is -2.57. The highest BCUT2D eigenvalue weighted by atomic mass is 35.5. The van der Waals surface area contributed by atoms with E-state index in [0.29, 0.717) is 68.9 Å². The molecule has 115 heavy (non-hydrogen) atoms. The highest BCUT2D eigenvalue weighted by Gasteiger charge is 2.62. The van der Waals surface area contributed by atoms with Gasteiger partial charge in [0.15, 0.2) is 50.6 Å². The number of carboxylic acid groups (broad SMARTS) is 1. The van der Waals surface area contributed by atoms with E-state index in [1.54, 1.807) is 27.2 Å². The number of unbranched alkanes of at least 4 members (excludes halogenated alkanes) is 1. The van der Waals surface area contributed by atoms with Crippen LogP contribution in [-0.4, -0.2) is 212 Å². The molecule has 662 valence electrons. The average Bonchev–Trinajstić information content (AvgIpc) is 0.750. The van der Waals surface area contributed by atoms with Gasteiger partial charge in [-0.15, -0.1) is 0 Å². The summed E-state index contributed by atoms with van der Waals surface area (Å²) < 4.78 is 98.1. The highest BCUT2D eigenvalue weighted by molar-refractivity contribution is 6.75. The van der Waals surface area contributed by atoms with Crippen molar-refractivity contribution in [2.75, 3.05) is 14.2 Å². The summed E-state index contributed by atoms with van der Waals surface area (Å²) in [6.45, 7) is 60.7. The fourth-order valence-corrected chi connectivity index (χ4v) is 27.1. The Hall–Kier alpha value is -2.66. The molecule has 24 atom stereocenters. The van der Waals surface area contributed by atoms with Crippen molar-refractivity contribution in [1.82, 2.24) is 0 Å². The Balaban J connectivity index is 1.28. The number of aliphatic hydroxyl groups is 3. The molecule has 2 spiro atoms. The number of methoxy groups -OCH3 is 2. The summed E-state index contributed by atoms with van der Waals surface area (Å²) in [6.07, 6.45) is 1.51. The zero-order valence-electron chi connectivity index (χ0n) is 75.3. The molecule has 0 amide bonds. The molecule has 4 N–H and O–H groups in total. The predicted octanol–water partition coefficient (Wildman–Crippen LogP) is 18.2. The molecule has 0 aromatic rings. The van der Waals surface area contributed by atoms with Crippen molar-refractivity contribution in [3.05, 3.63) is 60.2 Å². The first-order chi connectivity index (χ1) is 53.3. The van der Waals surface area contributed by atoms with Gasteiger partial charge in [-0.1, -0.05) is 171 Å². The van der Waals surface area contributed by atoms with Crippen molar-refractivity contribution in [2.45, 2.75) is 434 Å². The third kappa shape index (κ3) is 26.9. The molecule has 0 aromatic heterocycles. The molecule has 0 bridgehead atoms. The molecule has 0 radical (unpaired) electrons. The number of Topliss-reactive ketones (excluding diaryl/α,β-unsaturated/α-hetero) is 1. The molecule has 6 heterocycles. The molecule has 6 aliphatic heterocycles. The third-order valence-corrected chi connectivity index (χ3v) is 46.1. The number of ether oxygens (including phenoxy) is 10. The van der Waals surface area contributed by atoms with E-state index in [9.17, 15) is 34.8 Å². The van der Waals surface area contributed by atoms with Crippen LogP contribution >= 0.6 is 11.6 Å². The van der Waals surface area contributed by atoms with E-state index in [4.69, 9.17) is 76.7 Å². The van der Waals surface area contributed by atoms with Crippen LogP contribution in [0.4, 0.5) is 0 Å². The van der Waals surface area contributed by atoms with Gasteiger partial charge in [0.2, 0.25) is 0 Å². The molecular formula is C88H155ClO22Si4. The Morgan fingerprint density at radius 1 is 0.661 bits per heavy atom. The van der Waals surface area contributed by atoms with E-state index in [-0.39, 0.29) is 103 Å². The van der Waals surface area contributed by atoms with Crippen LogP contribution in [0, 0.1) is 23.7 Å². The molecule has 6 rings (SSSR count). The van der Waals surface area contributed by atoms with Gasteiger partial charge < -0.3 is 85.5 Å². The minimum Gasteiger partial charge on any atom is -0.481 e. The van der Waals surface area contributed by atoms with Gasteiger partial charge in [0, 0.05) is 115 Å². The lowest BCUT2D eigenvalue weighted by Crippen LogP contribution is -2.69. The lowest BCUT2D eigenvalue weighted by Gasteiger charge is -2.56. The van der Waals surface area contributed by atoms with Crippen LogP contribution < -0.4 is 0 Å². The van der Waals surface area contributed by atoms with Crippen LogP contribution in [0.15, 0.2) is 60.2 Å². The molecule has 0 aromatic carbocycles. The van der Waals surface area contributed by atoms with Gasteiger partial charge in [0.25, 0.3) is 0 Å². The normalized spacial score (nSPS) is 33.5. The second kappa shape index (κ2) is 42.1. The fourth-order valence-electron chi connectivity index (χ4n) is 18.3. The number of aliphatic hydroxyl groups excluding tert-OH is 3. The van der Waals surface area contributed by atoms with Gasteiger partial charge in [-0.25, -0.2) is 0 Å². The topological polar surface area (TPSA) is 278 Å². The first kappa shape index (κ1) is 101. The Kier molecular flexibility index (Phi) is 37.1. The van der Waals surface area contributed by atoms with E-state index < -0.39 is 165 Å². The molecule has 6 aliphatic rings. The van der Waals surface area contributed by atoms with E-state index in [1.807, 2.05) is 13.8 Å². The van der Waals surface area contributed by atoms with Crippen molar-refractivity contribution in [1.29, 1.82) is 0 Å². The quantitative estimate of drug-likeness (QED) is 0.0145. The zero-order valence-corrected chi connectivity index (χ0v) is 80.0. The Morgan fingerprint density at radius 3 is 1.78 bits per heavy atom. The molecule has 6 fully saturated rings. The first-order valence-corrected chi connectivity index (χ1v) is 54.6. The average molecular weight is 1710 g/mol. The summed E-state index contributed by atoms with van der Waals surface area (Å²) in [6, 6.07) is 5.09. The van der Waals surface area contributed by atoms with Crippen LogP contribution in [0.1, 0.15) is 241 Å². The Bertz CT molecular complexity index is 3220. The molecule has 0 aliphatic carbocycles. The molecule has 27 heteroatoms. The van der Waals surface area contributed by atoms with Crippen LogP contribution in [0.2, 0.25) is 72.5 Å². The lowest BCUT2D eigenvalue weighted by molar-refractivity contribution is -0.354. The van der Waals surface area contributed by atoms with Gasteiger partial charge >= 0.3 is 17.9 Å². The summed E-state index contributed by atoms with van der Waals surface area (Å²) in [7, 11) is -6.37. The minimum absolute atomic E-state index is 0.0249. The van der Waals surface area contributed by atoms with E-state index >= 15 is 4.79 Å². The number of hydrogen-bond donors (Lipinski definition) is 4. The van der Waals surface area contributed by atoms with E-state index in [1.165, 1.54) is 19.9 Å². The number of carboxylic acids is 1. The Morgan fingerprint density at radius 2 is 1.23 bits per heavy atom. The number of hydrogen-bond acceptors (Lipinski definition) is 21. The maximum atomic E-state index is 15.2. The summed E-state index contributed by atoms with van der Waals surface area (Å²) in [5.41, 5.74) is 0.504. The van der Waals surface area contributed by atoms with Gasteiger partial charge in [-0.05, 0) is 124 Å². The number of aliphatic carboxylic acids is 1. The number of rotatable bonds is 41. The second-order valence-corrected chi connectivity index (χ2v) is 57.8. The van der Waals surface area contributed by atoms with Crippen molar-refractivity contribution in [3.8, 4) is 0 Å². The Labute approximate surface area is 701 Å². The van der Waals surface area contributed by atoms with Gasteiger partial charge in [0.05, 0.1) is 91.2 Å². The molecule has 0 unspecified atom stereocenters. The maximum Gasteiger partial charge on any atom is 0.305 e. The van der Waals surface area contributed by atoms with Gasteiger partial charge in [-0.3, -0.25) is 19.2 Å². The first-order valence-electron chi connectivity index (χ1n) is 43.4. The smallest absolute Gasteiger partial charge is 0.305 e. The van der Waals surface area contributed by atoms with Crippen molar-refractivity contribution < 1.29 is 105 Å². The van der Waals surface area contributed by atoms with Gasteiger partial charge in [-0.2, -0.15) is 0 Å². The number of halogens is 1. The van der Waals surface area contributed by atoms with Crippen LogP contribution in [-0.2, 0) is 84.3 Å². The fraction of sp³-hybridized carbons (Fsp3) is 0.841. The van der Waals surface area contributed by atoms with E-state index in [2.05, 4.69) is 155 Å². The summed E-state index contributed by atoms with van der Waals surface area (Å²) >= 11 is 5.99. The largest absolute Gasteiger partial charge is 0.481 e. The lowest BCUT2D eigenvalue weighted by atomic mass is 9.78. The molecular weight excluding hydrogens is 1560 g/mol. The van der Waals surface area contributed by atoms with Crippen molar-refractivity contribution >= 4 is 68.6 Å². The second-order valence-electron chi connectivity index (χ2n) is 38.4. The third-order valence-electron chi connectivity index (χ3n) is 27.5. The monoisotopic (exact) mass is 1710 g/mol. The number of allylic oxidation sites excluding steroid dienone is 3. The van der Waals surface area contributed by atoms with Crippen molar-refractivity contribution in [3.63, 3.8) is 0 Å². The SMILES string of the molecule is C=C(Cl)/C=C/[C@@H](O)CC(=C)C[C@H]1O[C@@H]([C@H](O[Si](CC)(CC)CC)[C@@]2(OC)C[C@H](O[Si](C)(C)C(C)(C)C)[C@@H](C)[C@@H](CCC/C=C\[C@H]3C[C@H](O[Si](C)(C)C(C)(C)C)C[C@@]4(C[C@@H](OC)C[C@@H](CC(=O)[C@@H](C)[C@@H](OC(C)=O)[C@H](C)C(=C)C[C@H]5C[C@](C)(O[Si](CC)(CC)CC)C[C@@]6(C[C@@H](OC(C)=O)C[C@H](CC(=O)O)O6)O5)O4)O3)O2)[C@H](C)[C@@H](O)[C@@H]1O. The highest BCUT2D eigenvalue weighted by Crippen LogP contribution is 2.53. The predicted molar refractivity (Wildman–Crippen MR) is 460 cm³/mol. The molecule has 22 nitrogen and oxygen atoms in total. The van der Waals surface area contributed by atoms with Crippen LogP contribution in [0.25, 0.3) is 0 Å². The van der Waals surface area contributed by atoms with Crippen LogP contribution in [0.5, 0.6) is 0 Å².